The number of rotatable bonds is 4. The molecule has 0 amide bonds. The van der Waals surface area contributed by atoms with Crippen LogP contribution in [0.2, 0.25) is 0 Å². The Bertz CT molecular complexity index is 595. The Morgan fingerprint density at radius 3 is 3.19 bits per heavy atom. The highest BCUT2D eigenvalue weighted by molar-refractivity contribution is 5.56. The van der Waals surface area contributed by atoms with E-state index >= 15 is 0 Å². The number of nitrogens with one attached hydrogen (secondary N) is 2. The van der Waals surface area contributed by atoms with Gasteiger partial charge in [-0.05, 0) is 44.5 Å². The van der Waals surface area contributed by atoms with Gasteiger partial charge in [-0.15, -0.1) is 5.10 Å². The van der Waals surface area contributed by atoms with Crippen LogP contribution >= 0.6 is 0 Å². The SMILES string of the molecule is CNCC1CCCN(c2n[nH]c(-c3cccc(F)c3)n2)C1. The van der Waals surface area contributed by atoms with Crippen molar-refractivity contribution in [1.82, 2.24) is 20.5 Å². The van der Waals surface area contributed by atoms with Crippen LogP contribution in [0, 0.1) is 11.7 Å². The molecule has 3 rings (SSSR count). The van der Waals surface area contributed by atoms with Gasteiger partial charge in [-0.25, -0.2) is 4.39 Å². The Morgan fingerprint density at radius 2 is 2.38 bits per heavy atom. The van der Waals surface area contributed by atoms with Crippen LogP contribution in [0.3, 0.4) is 0 Å². The topological polar surface area (TPSA) is 56.8 Å². The average Bonchev–Trinajstić information content (AvgIpc) is 2.98. The minimum absolute atomic E-state index is 0.266. The van der Waals surface area contributed by atoms with Crippen LogP contribution in [0.4, 0.5) is 10.3 Å². The zero-order valence-electron chi connectivity index (χ0n) is 12.1. The summed E-state index contributed by atoms with van der Waals surface area (Å²) >= 11 is 0. The van der Waals surface area contributed by atoms with E-state index in [0.717, 1.165) is 31.6 Å². The van der Waals surface area contributed by atoms with Crippen LogP contribution in [-0.4, -0.2) is 41.9 Å². The smallest absolute Gasteiger partial charge is 0.245 e. The summed E-state index contributed by atoms with van der Waals surface area (Å²) in [6.07, 6.45) is 2.38. The van der Waals surface area contributed by atoms with Gasteiger partial charge in [0.1, 0.15) is 5.82 Å². The van der Waals surface area contributed by atoms with E-state index in [9.17, 15) is 4.39 Å². The van der Waals surface area contributed by atoms with Crippen molar-refractivity contribution in [3.63, 3.8) is 0 Å². The van der Waals surface area contributed by atoms with E-state index in [-0.39, 0.29) is 5.82 Å². The zero-order valence-corrected chi connectivity index (χ0v) is 12.1. The number of anilines is 1. The molecule has 0 aliphatic carbocycles. The van der Waals surface area contributed by atoms with Gasteiger partial charge in [0.25, 0.3) is 0 Å². The number of hydrogen-bond donors (Lipinski definition) is 2. The van der Waals surface area contributed by atoms with Gasteiger partial charge in [0, 0.05) is 18.7 Å². The first-order chi connectivity index (χ1) is 10.3. The number of halogens is 1. The van der Waals surface area contributed by atoms with Crippen LogP contribution in [0.1, 0.15) is 12.8 Å². The lowest BCUT2D eigenvalue weighted by Gasteiger charge is -2.31. The molecule has 2 heterocycles. The lowest BCUT2D eigenvalue weighted by Crippen LogP contribution is -2.39. The summed E-state index contributed by atoms with van der Waals surface area (Å²) in [4.78, 5) is 6.71. The number of nitrogens with zero attached hydrogens (tertiary/aromatic N) is 3. The molecule has 21 heavy (non-hydrogen) atoms. The van der Waals surface area contributed by atoms with E-state index in [1.54, 1.807) is 6.07 Å². The quantitative estimate of drug-likeness (QED) is 0.904. The van der Waals surface area contributed by atoms with Crippen molar-refractivity contribution in [2.75, 3.05) is 31.6 Å². The summed E-state index contributed by atoms with van der Waals surface area (Å²) in [5.41, 5.74) is 0.720. The second kappa shape index (κ2) is 6.22. The molecule has 112 valence electrons. The van der Waals surface area contributed by atoms with Crippen molar-refractivity contribution in [3.8, 4) is 11.4 Å². The Labute approximate surface area is 123 Å². The molecule has 6 heteroatoms. The maximum Gasteiger partial charge on any atom is 0.245 e. The molecule has 1 aliphatic heterocycles. The van der Waals surface area contributed by atoms with Gasteiger partial charge in [-0.3, -0.25) is 5.10 Å². The van der Waals surface area contributed by atoms with Crippen LogP contribution < -0.4 is 10.2 Å². The molecular formula is C15H20FN5. The second-order valence-electron chi connectivity index (χ2n) is 5.51. The van der Waals surface area contributed by atoms with Gasteiger partial charge in [-0.1, -0.05) is 12.1 Å². The van der Waals surface area contributed by atoms with Gasteiger partial charge < -0.3 is 10.2 Å². The molecule has 0 spiro atoms. The second-order valence-corrected chi connectivity index (χ2v) is 5.51. The van der Waals surface area contributed by atoms with Crippen molar-refractivity contribution in [3.05, 3.63) is 30.1 Å². The molecule has 1 aliphatic rings. The minimum Gasteiger partial charge on any atom is -0.339 e. The summed E-state index contributed by atoms with van der Waals surface area (Å²) in [6, 6.07) is 6.39. The molecule has 0 saturated carbocycles. The largest absolute Gasteiger partial charge is 0.339 e. The summed E-state index contributed by atoms with van der Waals surface area (Å²) in [5.74, 6) is 1.67. The molecule has 1 saturated heterocycles. The number of piperidine rings is 1. The van der Waals surface area contributed by atoms with E-state index in [4.69, 9.17) is 0 Å². The van der Waals surface area contributed by atoms with Gasteiger partial charge in [0.2, 0.25) is 5.95 Å². The van der Waals surface area contributed by atoms with Crippen molar-refractivity contribution in [2.45, 2.75) is 12.8 Å². The predicted octanol–water partition coefficient (Wildman–Crippen LogP) is 2.05. The lowest BCUT2D eigenvalue weighted by molar-refractivity contribution is 0.399. The fourth-order valence-electron chi connectivity index (χ4n) is 2.86. The van der Waals surface area contributed by atoms with Crippen LogP contribution in [-0.2, 0) is 0 Å². The number of hydrogen-bond acceptors (Lipinski definition) is 4. The summed E-state index contributed by atoms with van der Waals surface area (Å²) in [5, 5.41) is 10.4. The van der Waals surface area contributed by atoms with E-state index in [2.05, 4.69) is 25.4 Å². The van der Waals surface area contributed by atoms with Gasteiger partial charge in [-0.2, -0.15) is 4.98 Å². The van der Waals surface area contributed by atoms with Crippen LogP contribution in [0.25, 0.3) is 11.4 Å². The molecule has 5 nitrogen and oxygen atoms in total. The molecule has 1 aromatic heterocycles. The standard InChI is InChI=1S/C15H20FN5/c1-17-9-11-4-3-7-21(10-11)15-18-14(19-20-15)12-5-2-6-13(16)8-12/h2,5-6,8,11,17H,3-4,7,9-10H2,1H3,(H,18,19,20). The fraction of sp³-hybridized carbons (Fsp3) is 0.467. The van der Waals surface area contributed by atoms with Crippen molar-refractivity contribution in [2.24, 2.45) is 5.92 Å². The summed E-state index contributed by atoms with van der Waals surface area (Å²) in [6.45, 7) is 2.94. The highest BCUT2D eigenvalue weighted by atomic mass is 19.1. The Morgan fingerprint density at radius 1 is 1.48 bits per heavy atom. The maximum atomic E-state index is 13.3. The summed E-state index contributed by atoms with van der Waals surface area (Å²) < 4.78 is 13.3. The Kier molecular flexibility index (Phi) is 4.15. The predicted molar refractivity (Wildman–Crippen MR) is 80.6 cm³/mol. The van der Waals surface area contributed by atoms with Crippen molar-refractivity contribution in [1.29, 1.82) is 0 Å². The molecule has 1 atom stereocenters. The highest BCUT2D eigenvalue weighted by Gasteiger charge is 2.22. The van der Waals surface area contributed by atoms with Gasteiger partial charge in [0.15, 0.2) is 5.82 Å². The fourth-order valence-corrected chi connectivity index (χ4v) is 2.86. The number of aromatic nitrogens is 3. The molecule has 1 aromatic carbocycles. The zero-order chi connectivity index (χ0) is 14.7. The Hall–Kier alpha value is -1.95. The molecule has 0 bridgehead atoms. The molecular weight excluding hydrogens is 269 g/mol. The molecule has 0 radical (unpaired) electrons. The van der Waals surface area contributed by atoms with Gasteiger partial charge >= 0.3 is 0 Å². The molecule has 2 aromatic rings. The highest BCUT2D eigenvalue weighted by Crippen LogP contribution is 2.22. The number of aromatic amines is 1. The van der Waals surface area contributed by atoms with Crippen LogP contribution in [0.15, 0.2) is 24.3 Å². The van der Waals surface area contributed by atoms with E-state index in [0.29, 0.717) is 17.7 Å². The maximum absolute atomic E-state index is 13.3. The first-order valence-electron chi connectivity index (χ1n) is 7.34. The van der Waals surface area contributed by atoms with Crippen molar-refractivity contribution >= 4 is 5.95 Å². The van der Waals surface area contributed by atoms with Crippen LogP contribution in [0.5, 0.6) is 0 Å². The third-order valence-corrected chi connectivity index (χ3v) is 3.87. The third kappa shape index (κ3) is 3.21. The van der Waals surface area contributed by atoms with Gasteiger partial charge in [0.05, 0.1) is 0 Å². The molecule has 1 fully saturated rings. The van der Waals surface area contributed by atoms with E-state index < -0.39 is 0 Å². The monoisotopic (exact) mass is 289 g/mol. The first kappa shape index (κ1) is 14.0. The normalized spacial score (nSPS) is 19.0. The minimum atomic E-state index is -0.266. The van der Waals surface area contributed by atoms with E-state index in [1.165, 1.54) is 18.6 Å². The van der Waals surface area contributed by atoms with Crippen molar-refractivity contribution < 1.29 is 4.39 Å². The average molecular weight is 289 g/mol. The molecule has 1 unspecified atom stereocenters. The number of H-pyrrole nitrogens is 1. The number of benzene rings is 1. The first-order valence-corrected chi connectivity index (χ1v) is 7.34. The van der Waals surface area contributed by atoms with E-state index in [1.807, 2.05) is 13.1 Å². The lowest BCUT2D eigenvalue weighted by atomic mass is 9.98. The molecule has 2 N–H and O–H groups in total. The Balaban J connectivity index is 1.75. The summed E-state index contributed by atoms with van der Waals surface area (Å²) in [7, 11) is 1.98. The third-order valence-electron chi connectivity index (χ3n) is 3.87.